The normalized spacial score (nSPS) is 11.3. The fourth-order valence-electron chi connectivity index (χ4n) is 2.57. The molecule has 0 N–H and O–H groups in total. The number of hydrogen-bond acceptors (Lipinski definition) is 1. The molecule has 0 fully saturated rings. The molecule has 0 saturated carbocycles. The van der Waals surface area contributed by atoms with Crippen LogP contribution in [-0.2, 0) is 4.79 Å². The van der Waals surface area contributed by atoms with Gasteiger partial charge in [0.05, 0.1) is 0 Å². The molecule has 0 unspecified atom stereocenters. The number of ketones is 1. The fraction of sp³-hybridized carbons (Fsp3) is 0.800. The van der Waals surface area contributed by atoms with Crippen LogP contribution < -0.4 is 0 Å². The predicted molar refractivity (Wildman–Crippen MR) is 94.4 cm³/mol. The molecule has 0 bridgehead atoms. The molecule has 0 amide bonds. The van der Waals surface area contributed by atoms with E-state index in [9.17, 15) is 4.79 Å². The second-order valence-electron chi connectivity index (χ2n) is 6.23. The van der Waals surface area contributed by atoms with Gasteiger partial charge in [-0.1, -0.05) is 76.9 Å². The van der Waals surface area contributed by atoms with E-state index in [-0.39, 0.29) is 5.78 Å². The maximum atomic E-state index is 10.7. The first kappa shape index (κ1) is 20.4. The lowest BCUT2D eigenvalue weighted by molar-refractivity contribution is -0.114. The van der Waals surface area contributed by atoms with E-state index in [4.69, 9.17) is 0 Å². The van der Waals surface area contributed by atoms with Crippen molar-refractivity contribution in [1.29, 1.82) is 0 Å². The maximum absolute atomic E-state index is 10.7. The lowest BCUT2D eigenvalue weighted by atomic mass is 10.1. The second-order valence-corrected chi connectivity index (χ2v) is 6.23. The third-order valence-electron chi connectivity index (χ3n) is 3.97. The van der Waals surface area contributed by atoms with Crippen LogP contribution in [0.3, 0.4) is 0 Å². The smallest absolute Gasteiger partial charge is 0.133 e. The summed E-state index contributed by atoms with van der Waals surface area (Å²) in [6.45, 7) is 5.67. The van der Waals surface area contributed by atoms with E-state index in [1.54, 1.807) is 0 Å². The van der Waals surface area contributed by atoms with Gasteiger partial charge >= 0.3 is 0 Å². The van der Waals surface area contributed by atoms with Crippen LogP contribution >= 0.6 is 0 Å². The molecule has 123 valence electrons. The van der Waals surface area contributed by atoms with Gasteiger partial charge in [0, 0.05) is 13.3 Å². The molecule has 1 radical (unpaired) electrons. The largest absolute Gasteiger partial charge is 0.300 e. The molecular weight excluding hydrogens is 256 g/mol. The highest BCUT2D eigenvalue weighted by atomic mass is 16.1. The number of carbonyl (C=O) groups is 1. The molecular formula is C20H37O. The summed E-state index contributed by atoms with van der Waals surface area (Å²) in [6.07, 6.45) is 23.7. The van der Waals surface area contributed by atoms with Gasteiger partial charge in [-0.2, -0.15) is 0 Å². The van der Waals surface area contributed by atoms with Crippen molar-refractivity contribution in [3.05, 3.63) is 19.1 Å². The molecule has 0 aromatic carbocycles. The van der Waals surface area contributed by atoms with E-state index < -0.39 is 0 Å². The first-order valence-electron chi connectivity index (χ1n) is 9.27. The highest BCUT2D eigenvalue weighted by molar-refractivity contribution is 5.82. The number of hydrogen-bond donors (Lipinski definition) is 0. The van der Waals surface area contributed by atoms with Gasteiger partial charge in [-0.05, 0) is 32.1 Å². The highest BCUT2D eigenvalue weighted by Gasteiger charge is 1.94. The minimum atomic E-state index is 0.0884. The average molecular weight is 294 g/mol. The van der Waals surface area contributed by atoms with E-state index in [0.717, 1.165) is 6.42 Å². The Morgan fingerprint density at radius 1 is 0.714 bits per heavy atom. The first-order valence-corrected chi connectivity index (χ1v) is 9.27. The summed E-state index contributed by atoms with van der Waals surface area (Å²) in [6, 6.07) is 0. The van der Waals surface area contributed by atoms with Crippen molar-refractivity contribution in [2.24, 2.45) is 0 Å². The summed E-state index contributed by atoms with van der Waals surface area (Å²) < 4.78 is 0. The zero-order chi connectivity index (χ0) is 15.6. The average Bonchev–Trinajstić information content (AvgIpc) is 2.46. The third-order valence-corrected chi connectivity index (χ3v) is 3.97. The van der Waals surface area contributed by atoms with E-state index in [2.05, 4.69) is 26.0 Å². The van der Waals surface area contributed by atoms with Gasteiger partial charge in [-0.15, -0.1) is 0 Å². The van der Waals surface area contributed by atoms with Crippen LogP contribution in [0.15, 0.2) is 12.2 Å². The number of carbonyl (C=O) groups excluding carboxylic acids is 1. The van der Waals surface area contributed by atoms with Crippen molar-refractivity contribution in [1.82, 2.24) is 0 Å². The molecule has 21 heavy (non-hydrogen) atoms. The van der Waals surface area contributed by atoms with Crippen LogP contribution in [0, 0.1) is 6.92 Å². The summed E-state index contributed by atoms with van der Waals surface area (Å²) in [5, 5.41) is 0. The van der Waals surface area contributed by atoms with Gasteiger partial charge in [-0.25, -0.2) is 0 Å². The Labute approximate surface area is 133 Å². The van der Waals surface area contributed by atoms with Crippen LogP contribution in [0.25, 0.3) is 0 Å². The summed E-state index contributed by atoms with van der Waals surface area (Å²) in [4.78, 5) is 10.7. The molecule has 0 aliphatic heterocycles. The molecule has 0 rings (SSSR count). The Morgan fingerprint density at radius 3 is 1.62 bits per heavy atom. The van der Waals surface area contributed by atoms with Crippen molar-refractivity contribution in [3.8, 4) is 0 Å². The fourth-order valence-corrected chi connectivity index (χ4v) is 2.57. The molecule has 1 nitrogen and oxygen atoms in total. The highest BCUT2D eigenvalue weighted by Crippen LogP contribution is 2.10. The Balaban J connectivity index is 3.07. The van der Waals surface area contributed by atoms with Crippen molar-refractivity contribution in [3.63, 3.8) is 0 Å². The molecule has 0 atom stereocenters. The topological polar surface area (TPSA) is 17.1 Å². The summed E-state index contributed by atoms with van der Waals surface area (Å²) in [5.41, 5.74) is 0. The molecule has 0 aromatic heterocycles. The van der Waals surface area contributed by atoms with Crippen LogP contribution in [0.5, 0.6) is 0 Å². The Hall–Kier alpha value is -0.590. The van der Waals surface area contributed by atoms with Gasteiger partial charge in [0.1, 0.15) is 5.78 Å². The van der Waals surface area contributed by atoms with E-state index in [1.807, 2.05) is 0 Å². The third kappa shape index (κ3) is 19.4. The molecule has 0 aliphatic carbocycles. The number of allylic oxidation sites excluding steroid dienone is 2. The molecule has 0 saturated heterocycles. The van der Waals surface area contributed by atoms with Gasteiger partial charge < -0.3 is 0 Å². The van der Waals surface area contributed by atoms with Crippen LogP contribution in [0.1, 0.15) is 103 Å². The van der Waals surface area contributed by atoms with E-state index in [0.29, 0.717) is 6.42 Å². The summed E-state index contributed by atoms with van der Waals surface area (Å²) >= 11 is 0. The molecule has 1 heteroatoms. The number of unbranched alkanes of at least 4 members (excludes halogenated alkanes) is 12. The standard InChI is InChI=1S/C20H37O/c1-3-4-5-6-7-8-9-10-11-12-13-14-15-16-17-18-19-20(2)21/h10-11H,2-9,12-19H2,1H3/b11-10-. The zero-order valence-corrected chi connectivity index (χ0v) is 14.4. The lowest BCUT2D eigenvalue weighted by Gasteiger charge is -2.00. The molecule has 0 aromatic rings. The van der Waals surface area contributed by atoms with Crippen LogP contribution in [-0.4, -0.2) is 5.78 Å². The predicted octanol–water partition coefficient (Wildman–Crippen LogP) is 6.82. The van der Waals surface area contributed by atoms with E-state index in [1.165, 1.54) is 83.5 Å². The minimum Gasteiger partial charge on any atom is -0.300 e. The van der Waals surface area contributed by atoms with Crippen LogP contribution in [0.4, 0.5) is 0 Å². The Bertz CT molecular complexity index is 242. The maximum Gasteiger partial charge on any atom is 0.133 e. The van der Waals surface area contributed by atoms with Crippen molar-refractivity contribution < 1.29 is 4.79 Å². The summed E-state index contributed by atoms with van der Waals surface area (Å²) in [7, 11) is 0. The van der Waals surface area contributed by atoms with Gasteiger partial charge in [-0.3, -0.25) is 4.79 Å². The zero-order valence-electron chi connectivity index (χ0n) is 14.4. The summed E-state index contributed by atoms with van der Waals surface area (Å²) in [5.74, 6) is 0.0884. The number of Topliss-reactive ketones (excluding diaryl/α,β-unsaturated/α-hetero) is 1. The second kappa shape index (κ2) is 17.5. The molecule has 0 aliphatic rings. The lowest BCUT2D eigenvalue weighted by Crippen LogP contribution is -1.89. The molecule has 0 heterocycles. The van der Waals surface area contributed by atoms with Crippen molar-refractivity contribution in [2.75, 3.05) is 0 Å². The van der Waals surface area contributed by atoms with Gasteiger partial charge in [0.15, 0.2) is 0 Å². The number of rotatable bonds is 16. The van der Waals surface area contributed by atoms with Gasteiger partial charge in [0.2, 0.25) is 0 Å². The Kier molecular flexibility index (Phi) is 17.0. The van der Waals surface area contributed by atoms with Gasteiger partial charge in [0.25, 0.3) is 0 Å². The SMILES string of the molecule is [CH2]C(=O)CCCCCCCC/C=C\CCCCCCCC. The van der Waals surface area contributed by atoms with Crippen molar-refractivity contribution >= 4 is 5.78 Å². The quantitative estimate of drug-likeness (QED) is 0.225. The monoisotopic (exact) mass is 293 g/mol. The first-order chi connectivity index (χ1) is 10.3. The van der Waals surface area contributed by atoms with Crippen LogP contribution in [0.2, 0.25) is 0 Å². The Morgan fingerprint density at radius 2 is 1.14 bits per heavy atom. The van der Waals surface area contributed by atoms with Crippen molar-refractivity contribution in [2.45, 2.75) is 103 Å². The van der Waals surface area contributed by atoms with E-state index >= 15 is 0 Å². The minimum absolute atomic E-state index is 0.0884. The molecule has 0 spiro atoms.